The number of anilines is 1. The molecule has 7 nitrogen and oxygen atoms in total. The van der Waals surface area contributed by atoms with Crippen molar-refractivity contribution in [2.45, 2.75) is 31.2 Å². The Hall–Kier alpha value is -3.78. The van der Waals surface area contributed by atoms with Gasteiger partial charge in [0.1, 0.15) is 11.5 Å². The first-order valence-corrected chi connectivity index (χ1v) is 12.2. The fourth-order valence-electron chi connectivity index (χ4n) is 3.60. The molecule has 1 unspecified atom stereocenters. The normalized spacial score (nSPS) is 11.7. The van der Waals surface area contributed by atoms with Gasteiger partial charge in [0.2, 0.25) is 5.91 Å². The Balaban J connectivity index is 1.65. The lowest BCUT2D eigenvalue weighted by Gasteiger charge is -2.15. The van der Waals surface area contributed by atoms with Crippen molar-refractivity contribution in [3.05, 3.63) is 78.4 Å². The van der Waals surface area contributed by atoms with E-state index in [0.29, 0.717) is 29.0 Å². The van der Waals surface area contributed by atoms with Crippen LogP contribution in [0.15, 0.2) is 78.0 Å². The summed E-state index contributed by atoms with van der Waals surface area (Å²) >= 11 is 1.35. The van der Waals surface area contributed by atoms with Crippen molar-refractivity contribution in [2.24, 2.45) is 0 Å². The largest absolute Gasteiger partial charge is 0.495 e. The van der Waals surface area contributed by atoms with E-state index in [2.05, 4.69) is 21.6 Å². The lowest BCUT2D eigenvalue weighted by molar-refractivity contribution is -0.115. The molecule has 35 heavy (non-hydrogen) atoms. The fourth-order valence-corrected chi connectivity index (χ4v) is 4.47. The highest BCUT2D eigenvalue weighted by molar-refractivity contribution is 8.00. The van der Waals surface area contributed by atoms with E-state index < -0.39 is 5.25 Å². The highest BCUT2D eigenvalue weighted by atomic mass is 32.2. The third-order valence-corrected chi connectivity index (χ3v) is 6.37. The highest BCUT2D eigenvalue weighted by Crippen LogP contribution is 2.32. The average molecular weight is 489 g/mol. The van der Waals surface area contributed by atoms with Gasteiger partial charge >= 0.3 is 0 Å². The molecule has 8 heteroatoms. The molecule has 0 saturated heterocycles. The molecule has 4 aromatic rings. The Bertz CT molecular complexity index is 1300. The summed E-state index contributed by atoms with van der Waals surface area (Å²) in [6.45, 7) is 6.44. The first kappa shape index (κ1) is 24.3. The van der Waals surface area contributed by atoms with E-state index in [1.54, 1.807) is 7.11 Å². The predicted octanol–water partition coefficient (Wildman–Crippen LogP) is 5.77. The van der Waals surface area contributed by atoms with E-state index in [0.717, 1.165) is 22.6 Å². The number of carbonyl (C=O) groups excluding carboxylic acids is 1. The zero-order chi connectivity index (χ0) is 24.8. The summed E-state index contributed by atoms with van der Waals surface area (Å²) < 4.78 is 12.9. The van der Waals surface area contributed by atoms with Gasteiger partial charge in [0.15, 0.2) is 11.0 Å². The molecule has 0 saturated carbocycles. The van der Waals surface area contributed by atoms with Crippen molar-refractivity contribution >= 4 is 23.4 Å². The van der Waals surface area contributed by atoms with Crippen LogP contribution in [0.1, 0.15) is 19.4 Å². The molecular weight excluding hydrogens is 460 g/mol. The average Bonchev–Trinajstić information content (AvgIpc) is 3.28. The quantitative estimate of drug-likeness (QED) is 0.301. The summed E-state index contributed by atoms with van der Waals surface area (Å²) in [5.41, 5.74) is 3.59. The molecule has 1 amide bonds. The van der Waals surface area contributed by atoms with Crippen molar-refractivity contribution in [3.8, 4) is 28.6 Å². The molecule has 4 rings (SSSR count). The molecule has 0 radical (unpaired) electrons. The number of aryl methyl sites for hydroxylation is 1. The lowest BCUT2D eigenvalue weighted by atomic mass is 10.1. The summed E-state index contributed by atoms with van der Waals surface area (Å²) in [4.78, 5) is 13.0. The molecule has 3 aromatic carbocycles. The first-order chi connectivity index (χ1) is 17.0. The van der Waals surface area contributed by atoms with Gasteiger partial charge in [0, 0.05) is 11.3 Å². The molecule has 0 aliphatic carbocycles. The molecule has 1 N–H and O–H groups in total. The third kappa shape index (κ3) is 5.66. The number of para-hydroxylation sites is 2. The second-order valence-corrected chi connectivity index (χ2v) is 9.20. The number of methoxy groups -OCH3 is 1. The van der Waals surface area contributed by atoms with Crippen molar-refractivity contribution in [3.63, 3.8) is 0 Å². The van der Waals surface area contributed by atoms with Gasteiger partial charge < -0.3 is 14.8 Å². The smallest absolute Gasteiger partial charge is 0.237 e. The maximum atomic E-state index is 13.0. The molecule has 0 bridgehead atoms. The van der Waals surface area contributed by atoms with E-state index >= 15 is 0 Å². The Morgan fingerprint density at radius 2 is 1.83 bits per heavy atom. The number of carbonyl (C=O) groups is 1. The molecule has 0 fully saturated rings. The Labute approximate surface area is 209 Å². The van der Waals surface area contributed by atoms with E-state index in [4.69, 9.17) is 9.47 Å². The summed E-state index contributed by atoms with van der Waals surface area (Å²) in [7, 11) is 1.58. The number of thioether (sulfide) groups is 1. The van der Waals surface area contributed by atoms with Crippen LogP contribution in [-0.2, 0) is 4.79 Å². The number of ether oxygens (including phenoxy) is 2. The SMILES string of the molecule is CCOc1ccc(-n2c(SC(C)C(=O)Nc3ccccc3OC)nnc2-c2cccc(C)c2)cc1. The van der Waals surface area contributed by atoms with Gasteiger partial charge in [-0.3, -0.25) is 9.36 Å². The Morgan fingerprint density at radius 1 is 1.06 bits per heavy atom. The van der Waals surface area contributed by atoms with E-state index in [9.17, 15) is 4.79 Å². The number of hydrogen-bond acceptors (Lipinski definition) is 6. The number of benzene rings is 3. The number of rotatable bonds is 9. The van der Waals surface area contributed by atoms with Gasteiger partial charge in [-0.1, -0.05) is 47.7 Å². The maximum Gasteiger partial charge on any atom is 0.237 e. The number of hydrogen-bond donors (Lipinski definition) is 1. The lowest BCUT2D eigenvalue weighted by Crippen LogP contribution is -2.23. The van der Waals surface area contributed by atoms with Crippen molar-refractivity contribution in [1.82, 2.24) is 14.8 Å². The van der Waals surface area contributed by atoms with Crippen molar-refractivity contribution in [1.29, 1.82) is 0 Å². The zero-order valence-corrected chi connectivity index (χ0v) is 21.0. The number of nitrogens with zero attached hydrogens (tertiary/aromatic N) is 3. The van der Waals surface area contributed by atoms with E-state index in [1.807, 2.05) is 92.1 Å². The third-order valence-electron chi connectivity index (χ3n) is 5.33. The van der Waals surface area contributed by atoms with Crippen LogP contribution in [0.25, 0.3) is 17.1 Å². The second-order valence-electron chi connectivity index (χ2n) is 7.89. The Morgan fingerprint density at radius 3 is 2.54 bits per heavy atom. The zero-order valence-electron chi connectivity index (χ0n) is 20.2. The van der Waals surface area contributed by atoms with E-state index in [-0.39, 0.29) is 5.91 Å². The Kier molecular flexibility index (Phi) is 7.72. The molecule has 1 aromatic heterocycles. The molecule has 0 spiro atoms. The van der Waals surface area contributed by atoms with Crippen molar-refractivity contribution in [2.75, 3.05) is 19.0 Å². The predicted molar refractivity (Wildman–Crippen MR) is 140 cm³/mol. The van der Waals surface area contributed by atoms with Crippen LogP contribution in [0.5, 0.6) is 11.5 Å². The molecule has 0 aliphatic rings. The monoisotopic (exact) mass is 488 g/mol. The minimum absolute atomic E-state index is 0.155. The number of nitrogens with one attached hydrogen (secondary N) is 1. The van der Waals surface area contributed by atoms with Crippen LogP contribution in [0.4, 0.5) is 5.69 Å². The van der Waals surface area contributed by atoms with Gasteiger partial charge in [-0.25, -0.2) is 0 Å². The van der Waals surface area contributed by atoms with Gasteiger partial charge in [-0.05, 0) is 63.2 Å². The number of amides is 1. The number of aromatic nitrogens is 3. The van der Waals surface area contributed by atoms with Crippen LogP contribution >= 0.6 is 11.8 Å². The van der Waals surface area contributed by atoms with Gasteiger partial charge in [-0.15, -0.1) is 10.2 Å². The van der Waals surface area contributed by atoms with Gasteiger partial charge in [-0.2, -0.15) is 0 Å². The fraction of sp³-hybridized carbons (Fsp3) is 0.222. The minimum Gasteiger partial charge on any atom is -0.495 e. The first-order valence-electron chi connectivity index (χ1n) is 11.4. The minimum atomic E-state index is -0.434. The summed E-state index contributed by atoms with van der Waals surface area (Å²) in [6, 6.07) is 23.2. The summed E-state index contributed by atoms with van der Waals surface area (Å²) in [6.07, 6.45) is 0. The molecule has 1 atom stereocenters. The van der Waals surface area contributed by atoms with Crippen LogP contribution in [0.2, 0.25) is 0 Å². The van der Waals surface area contributed by atoms with Gasteiger partial charge in [0.25, 0.3) is 0 Å². The molecule has 0 aliphatic heterocycles. The molecule has 1 heterocycles. The van der Waals surface area contributed by atoms with E-state index in [1.165, 1.54) is 11.8 Å². The second kappa shape index (κ2) is 11.1. The van der Waals surface area contributed by atoms with Crippen LogP contribution in [0.3, 0.4) is 0 Å². The summed E-state index contributed by atoms with van der Waals surface area (Å²) in [5.74, 6) is 1.95. The van der Waals surface area contributed by atoms with Gasteiger partial charge in [0.05, 0.1) is 24.7 Å². The standard InChI is InChI=1S/C27H28N4O3S/c1-5-34-22-15-13-21(14-16-22)31-25(20-10-8-9-18(2)17-20)29-30-27(31)35-19(3)26(32)28-23-11-6-7-12-24(23)33-4/h6-17,19H,5H2,1-4H3,(H,28,32). The molecular formula is C27H28N4O3S. The van der Waals surface area contributed by atoms with Crippen LogP contribution < -0.4 is 14.8 Å². The van der Waals surface area contributed by atoms with Crippen LogP contribution in [-0.4, -0.2) is 39.6 Å². The van der Waals surface area contributed by atoms with Crippen molar-refractivity contribution < 1.29 is 14.3 Å². The highest BCUT2D eigenvalue weighted by Gasteiger charge is 2.23. The summed E-state index contributed by atoms with van der Waals surface area (Å²) in [5, 5.41) is 12.1. The topological polar surface area (TPSA) is 78.3 Å². The molecule has 180 valence electrons. The maximum absolute atomic E-state index is 13.0. The van der Waals surface area contributed by atoms with Crippen LogP contribution in [0, 0.1) is 6.92 Å².